The van der Waals surface area contributed by atoms with Crippen molar-refractivity contribution in [2.24, 2.45) is 5.92 Å². The number of hydrogen-bond donors (Lipinski definition) is 2. The number of carbonyl (C=O) groups is 1. The number of fused-ring (bicyclic) bond motifs is 1. The van der Waals surface area contributed by atoms with E-state index in [9.17, 15) is 9.59 Å². The quantitative estimate of drug-likeness (QED) is 0.876. The van der Waals surface area contributed by atoms with Gasteiger partial charge in [0.05, 0.1) is 17.2 Å². The maximum absolute atomic E-state index is 11.7. The Balaban J connectivity index is 2.04. The van der Waals surface area contributed by atoms with Gasteiger partial charge in [0.15, 0.2) is 0 Å². The number of carboxylic acids is 1. The summed E-state index contributed by atoms with van der Waals surface area (Å²) in [6.07, 6.45) is 0. The molecule has 2 rings (SSSR count). The summed E-state index contributed by atoms with van der Waals surface area (Å²) in [6.45, 7) is 1.66. The zero-order chi connectivity index (χ0) is 13.1. The van der Waals surface area contributed by atoms with Crippen molar-refractivity contribution in [1.82, 2.24) is 9.97 Å². The van der Waals surface area contributed by atoms with E-state index in [1.165, 1.54) is 23.1 Å². The minimum atomic E-state index is -0.808. The SMILES string of the molecule is CC(CSCc1nc2ccsc2c(=O)[nH]1)C(=O)O. The molecule has 0 spiro atoms. The third kappa shape index (κ3) is 2.91. The highest BCUT2D eigenvalue weighted by molar-refractivity contribution is 7.98. The molecule has 2 heterocycles. The molecule has 5 nitrogen and oxygen atoms in total. The Morgan fingerprint density at radius 1 is 1.67 bits per heavy atom. The summed E-state index contributed by atoms with van der Waals surface area (Å²) in [5.41, 5.74) is 0.572. The van der Waals surface area contributed by atoms with Crippen LogP contribution in [0.25, 0.3) is 10.2 Å². The van der Waals surface area contributed by atoms with Crippen LogP contribution >= 0.6 is 23.1 Å². The van der Waals surface area contributed by atoms with Crippen LogP contribution < -0.4 is 5.56 Å². The van der Waals surface area contributed by atoms with E-state index in [4.69, 9.17) is 5.11 Å². The number of thioether (sulfide) groups is 1. The molecule has 0 aliphatic heterocycles. The summed E-state index contributed by atoms with van der Waals surface area (Å²) in [6, 6.07) is 1.81. The zero-order valence-corrected chi connectivity index (χ0v) is 11.3. The van der Waals surface area contributed by atoms with Crippen molar-refractivity contribution in [1.29, 1.82) is 0 Å². The third-order valence-electron chi connectivity index (χ3n) is 2.39. The topological polar surface area (TPSA) is 83.0 Å². The molecule has 2 aromatic rings. The number of aromatic amines is 1. The summed E-state index contributed by atoms with van der Waals surface area (Å²) < 4.78 is 0.627. The van der Waals surface area contributed by atoms with Crippen molar-refractivity contribution in [3.63, 3.8) is 0 Å². The first-order valence-corrected chi connectivity index (χ1v) is 7.38. The van der Waals surface area contributed by atoms with Crippen molar-refractivity contribution in [2.75, 3.05) is 5.75 Å². The fourth-order valence-corrected chi connectivity index (χ4v) is 3.06. The molecule has 0 amide bonds. The van der Waals surface area contributed by atoms with Crippen LogP contribution in [0.4, 0.5) is 0 Å². The molecular weight excluding hydrogens is 272 g/mol. The number of rotatable bonds is 5. The molecule has 7 heteroatoms. The van der Waals surface area contributed by atoms with E-state index in [-0.39, 0.29) is 5.56 Å². The standard InChI is InChI=1S/C11H12N2O3S2/c1-6(11(15)16)4-17-5-8-12-7-2-3-18-9(7)10(14)13-8/h2-3,6H,4-5H2,1H3,(H,15,16)(H,12,13,14). The molecule has 1 unspecified atom stereocenters. The van der Waals surface area contributed by atoms with Gasteiger partial charge in [0, 0.05) is 5.75 Å². The molecule has 0 radical (unpaired) electrons. The molecule has 1 atom stereocenters. The van der Waals surface area contributed by atoms with Gasteiger partial charge >= 0.3 is 5.97 Å². The van der Waals surface area contributed by atoms with E-state index >= 15 is 0 Å². The summed E-state index contributed by atoms with van der Waals surface area (Å²) >= 11 is 2.82. The average Bonchev–Trinajstić information content (AvgIpc) is 2.77. The molecule has 0 aliphatic carbocycles. The molecule has 0 bridgehead atoms. The maximum atomic E-state index is 11.7. The highest BCUT2D eigenvalue weighted by atomic mass is 32.2. The number of aromatic nitrogens is 2. The Labute approximate surface area is 111 Å². The summed E-state index contributed by atoms with van der Waals surface area (Å²) in [7, 11) is 0. The van der Waals surface area contributed by atoms with Gasteiger partial charge in [0.1, 0.15) is 10.5 Å². The first-order valence-electron chi connectivity index (χ1n) is 5.35. The first kappa shape index (κ1) is 13.1. The molecule has 18 heavy (non-hydrogen) atoms. The summed E-state index contributed by atoms with van der Waals surface area (Å²) in [5, 5.41) is 10.6. The number of aliphatic carboxylic acids is 1. The Morgan fingerprint density at radius 3 is 3.17 bits per heavy atom. The van der Waals surface area contributed by atoms with Gasteiger partial charge in [0.25, 0.3) is 5.56 Å². The van der Waals surface area contributed by atoms with Crippen LogP contribution in [0.2, 0.25) is 0 Å². The largest absolute Gasteiger partial charge is 0.481 e. The highest BCUT2D eigenvalue weighted by Gasteiger charge is 2.11. The van der Waals surface area contributed by atoms with Gasteiger partial charge < -0.3 is 10.1 Å². The number of nitrogens with zero attached hydrogens (tertiary/aromatic N) is 1. The van der Waals surface area contributed by atoms with Crippen LogP contribution in [0.1, 0.15) is 12.7 Å². The lowest BCUT2D eigenvalue weighted by Crippen LogP contribution is -2.13. The molecular formula is C11H12N2O3S2. The van der Waals surface area contributed by atoms with E-state index in [0.717, 1.165) is 0 Å². The first-order chi connectivity index (χ1) is 8.58. The minimum Gasteiger partial charge on any atom is -0.481 e. The van der Waals surface area contributed by atoms with Crippen molar-refractivity contribution in [2.45, 2.75) is 12.7 Å². The molecule has 0 aliphatic rings. The Morgan fingerprint density at radius 2 is 2.44 bits per heavy atom. The fraction of sp³-hybridized carbons (Fsp3) is 0.364. The van der Waals surface area contributed by atoms with Crippen molar-refractivity contribution in [3.8, 4) is 0 Å². The predicted molar refractivity (Wildman–Crippen MR) is 73.2 cm³/mol. The van der Waals surface area contributed by atoms with E-state index in [1.54, 1.807) is 6.92 Å². The molecule has 0 saturated carbocycles. The smallest absolute Gasteiger partial charge is 0.307 e. The van der Waals surface area contributed by atoms with Crippen LogP contribution in [0.3, 0.4) is 0 Å². The van der Waals surface area contributed by atoms with E-state index < -0.39 is 11.9 Å². The molecule has 2 N–H and O–H groups in total. The van der Waals surface area contributed by atoms with Crippen molar-refractivity contribution < 1.29 is 9.90 Å². The van der Waals surface area contributed by atoms with Gasteiger partial charge in [-0.2, -0.15) is 11.8 Å². The molecule has 0 aromatic carbocycles. The zero-order valence-electron chi connectivity index (χ0n) is 9.67. The van der Waals surface area contributed by atoms with Crippen LogP contribution in [-0.2, 0) is 10.5 Å². The third-order valence-corrected chi connectivity index (χ3v) is 4.51. The van der Waals surface area contributed by atoms with Gasteiger partial charge in [-0.05, 0) is 11.4 Å². The highest BCUT2D eigenvalue weighted by Crippen LogP contribution is 2.17. The number of carboxylic acid groups (broad SMARTS) is 1. The van der Waals surface area contributed by atoms with Gasteiger partial charge in [-0.25, -0.2) is 4.98 Å². The van der Waals surface area contributed by atoms with Crippen LogP contribution in [0.5, 0.6) is 0 Å². The Kier molecular flexibility index (Phi) is 4.03. The second-order valence-electron chi connectivity index (χ2n) is 3.90. The van der Waals surface area contributed by atoms with Gasteiger partial charge in [-0.15, -0.1) is 11.3 Å². The lowest BCUT2D eigenvalue weighted by molar-refractivity contribution is -0.140. The second-order valence-corrected chi connectivity index (χ2v) is 5.85. The molecule has 2 aromatic heterocycles. The summed E-state index contributed by atoms with van der Waals surface area (Å²) in [5.74, 6) is 0.400. The van der Waals surface area contributed by atoms with E-state index in [0.29, 0.717) is 27.5 Å². The van der Waals surface area contributed by atoms with Crippen molar-refractivity contribution >= 4 is 39.3 Å². The van der Waals surface area contributed by atoms with Crippen molar-refractivity contribution in [3.05, 3.63) is 27.6 Å². The number of nitrogens with one attached hydrogen (secondary N) is 1. The van der Waals surface area contributed by atoms with Crippen LogP contribution in [0, 0.1) is 5.92 Å². The minimum absolute atomic E-state index is 0.128. The monoisotopic (exact) mass is 284 g/mol. The number of thiophene rings is 1. The second kappa shape index (κ2) is 5.53. The summed E-state index contributed by atoms with van der Waals surface area (Å²) in [4.78, 5) is 29.4. The van der Waals surface area contributed by atoms with Gasteiger partial charge in [0.2, 0.25) is 0 Å². The molecule has 0 fully saturated rings. The lowest BCUT2D eigenvalue weighted by atomic mass is 10.2. The normalized spacial score (nSPS) is 12.7. The van der Waals surface area contributed by atoms with E-state index in [1.807, 2.05) is 11.4 Å². The number of H-pyrrole nitrogens is 1. The Hall–Kier alpha value is -1.34. The fourth-order valence-electron chi connectivity index (χ4n) is 1.39. The molecule has 96 valence electrons. The van der Waals surface area contributed by atoms with Gasteiger partial charge in [-0.1, -0.05) is 6.92 Å². The van der Waals surface area contributed by atoms with E-state index in [2.05, 4.69) is 9.97 Å². The maximum Gasteiger partial charge on any atom is 0.307 e. The van der Waals surface area contributed by atoms with Gasteiger partial charge in [-0.3, -0.25) is 9.59 Å². The van der Waals surface area contributed by atoms with Crippen LogP contribution in [-0.4, -0.2) is 26.8 Å². The molecule has 0 saturated heterocycles. The number of hydrogen-bond acceptors (Lipinski definition) is 5. The lowest BCUT2D eigenvalue weighted by Gasteiger charge is -2.05. The Bertz CT molecular complexity index is 620. The van der Waals surface area contributed by atoms with Crippen LogP contribution in [0.15, 0.2) is 16.2 Å². The average molecular weight is 284 g/mol. The predicted octanol–water partition coefficient (Wildman–Crippen LogP) is 1.94.